The summed E-state index contributed by atoms with van der Waals surface area (Å²) in [5, 5.41) is 1.08. The Bertz CT molecular complexity index is 539. The Morgan fingerprint density at radius 1 is 1.24 bits per heavy atom. The second-order valence-corrected chi connectivity index (χ2v) is 8.76. The molecule has 2 aliphatic rings. The van der Waals surface area contributed by atoms with Crippen LogP contribution in [0.2, 0.25) is 0 Å². The summed E-state index contributed by atoms with van der Waals surface area (Å²) in [7, 11) is 0. The molecule has 0 bridgehead atoms. The number of nitrogens with zero attached hydrogens (tertiary/aromatic N) is 2. The average molecular weight is 306 g/mol. The summed E-state index contributed by atoms with van der Waals surface area (Å²) < 4.78 is 0. The zero-order chi connectivity index (χ0) is 15.2. The van der Waals surface area contributed by atoms with Gasteiger partial charge in [0.05, 0.1) is 10.6 Å². The number of fused-ring (bicyclic) bond motifs is 1. The van der Waals surface area contributed by atoms with Crippen molar-refractivity contribution in [2.24, 2.45) is 17.3 Å². The number of hydrogen-bond acceptors (Lipinski definition) is 4. The molecule has 1 aliphatic carbocycles. The third kappa shape index (κ3) is 3.01. The van der Waals surface area contributed by atoms with E-state index in [0.29, 0.717) is 12.2 Å². The minimum atomic E-state index is 0.0695. The maximum atomic E-state index is 12.3. The summed E-state index contributed by atoms with van der Waals surface area (Å²) in [5.74, 6) is 1.91. The third-order valence-electron chi connectivity index (χ3n) is 4.98. The lowest BCUT2D eigenvalue weighted by atomic mass is 9.78. The zero-order valence-corrected chi connectivity index (χ0v) is 14.4. The molecule has 3 rings (SSSR count). The lowest BCUT2D eigenvalue weighted by Gasteiger charge is -2.33. The molecule has 0 spiro atoms. The Kier molecular flexibility index (Phi) is 3.85. The predicted octanol–water partition coefficient (Wildman–Crippen LogP) is 4.17. The maximum absolute atomic E-state index is 12.3. The second-order valence-electron chi connectivity index (χ2n) is 7.78. The molecule has 1 fully saturated rings. The molecule has 1 aliphatic heterocycles. The van der Waals surface area contributed by atoms with Crippen LogP contribution in [0.15, 0.2) is 0 Å². The van der Waals surface area contributed by atoms with Crippen LogP contribution in [0.25, 0.3) is 0 Å². The summed E-state index contributed by atoms with van der Waals surface area (Å²) in [6.45, 7) is 11.2. The first-order valence-electron chi connectivity index (χ1n) is 8.13. The van der Waals surface area contributed by atoms with Crippen LogP contribution in [0, 0.1) is 17.3 Å². The Morgan fingerprint density at radius 3 is 2.52 bits per heavy atom. The number of anilines is 1. The van der Waals surface area contributed by atoms with Gasteiger partial charge >= 0.3 is 0 Å². The van der Waals surface area contributed by atoms with Gasteiger partial charge < -0.3 is 4.90 Å². The number of ketones is 1. The van der Waals surface area contributed by atoms with Crippen LogP contribution in [-0.4, -0.2) is 23.9 Å². The van der Waals surface area contributed by atoms with Gasteiger partial charge in [-0.05, 0) is 36.5 Å². The second kappa shape index (κ2) is 5.38. The number of thiazole rings is 1. The minimum Gasteiger partial charge on any atom is -0.348 e. The Balaban J connectivity index is 1.76. The molecule has 1 aromatic rings. The van der Waals surface area contributed by atoms with Crippen molar-refractivity contribution in [2.45, 2.75) is 53.4 Å². The van der Waals surface area contributed by atoms with E-state index in [2.05, 4.69) is 32.6 Å². The fraction of sp³-hybridized carbons (Fsp3) is 0.765. The lowest BCUT2D eigenvalue weighted by Crippen LogP contribution is -2.35. The van der Waals surface area contributed by atoms with Crippen molar-refractivity contribution in [1.82, 2.24) is 4.98 Å². The molecular weight excluding hydrogens is 280 g/mol. The Morgan fingerprint density at radius 2 is 1.90 bits per heavy atom. The van der Waals surface area contributed by atoms with Gasteiger partial charge in [0.2, 0.25) is 0 Å². The normalized spacial score (nSPS) is 22.7. The minimum absolute atomic E-state index is 0.0695. The van der Waals surface area contributed by atoms with E-state index in [4.69, 9.17) is 4.98 Å². The zero-order valence-electron chi connectivity index (χ0n) is 13.6. The number of carbonyl (C=O) groups is 1. The van der Waals surface area contributed by atoms with E-state index in [0.717, 1.165) is 47.0 Å². The van der Waals surface area contributed by atoms with Crippen molar-refractivity contribution in [3.63, 3.8) is 0 Å². The van der Waals surface area contributed by atoms with Gasteiger partial charge in [0.25, 0.3) is 0 Å². The van der Waals surface area contributed by atoms with Gasteiger partial charge in [0.15, 0.2) is 10.9 Å². The Labute approximate surface area is 131 Å². The maximum Gasteiger partial charge on any atom is 0.186 e. The van der Waals surface area contributed by atoms with Crippen molar-refractivity contribution < 1.29 is 4.79 Å². The van der Waals surface area contributed by atoms with Crippen molar-refractivity contribution in [3.05, 3.63) is 10.6 Å². The quantitative estimate of drug-likeness (QED) is 0.822. The first-order valence-corrected chi connectivity index (χ1v) is 8.95. The molecule has 1 saturated heterocycles. The van der Waals surface area contributed by atoms with E-state index < -0.39 is 0 Å². The van der Waals surface area contributed by atoms with Crippen LogP contribution in [-0.2, 0) is 6.42 Å². The van der Waals surface area contributed by atoms with E-state index >= 15 is 0 Å². The molecule has 0 radical (unpaired) electrons. The van der Waals surface area contributed by atoms with E-state index in [1.54, 1.807) is 11.3 Å². The SMILES string of the molecule is CC(C)C1CCN(c2nc3c(s2)C(=O)CC(C)(C)C3)CC1. The summed E-state index contributed by atoms with van der Waals surface area (Å²) in [5.41, 5.74) is 1.11. The summed E-state index contributed by atoms with van der Waals surface area (Å²) >= 11 is 1.63. The van der Waals surface area contributed by atoms with Crippen molar-refractivity contribution >= 4 is 22.3 Å². The van der Waals surface area contributed by atoms with Gasteiger partial charge in [-0.2, -0.15) is 0 Å². The molecule has 0 amide bonds. The van der Waals surface area contributed by atoms with Crippen LogP contribution < -0.4 is 4.90 Å². The summed E-state index contributed by atoms with van der Waals surface area (Å²) in [6, 6.07) is 0. The van der Waals surface area contributed by atoms with Crippen LogP contribution in [0.1, 0.15) is 62.3 Å². The standard InChI is InChI=1S/C17H26N2OS/c1-11(2)12-5-7-19(8-6-12)16-18-13-9-17(3,4)10-14(20)15(13)21-16/h11-12H,5-10H2,1-4H3. The van der Waals surface area contributed by atoms with Gasteiger partial charge in [-0.1, -0.05) is 39.0 Å². The topological polar surface area (TPSA) is 33.2 Å². The highest BCUT2D eigenvalue weighted by Crippen LogP contribution is 2.40. The number of carbonyl (C=O) groups excluding carboxylic acids is 1. The molecule has 1 aromatic heterocycles. The molecule has 4 heteroatoms. The third-order valence-corrected chi connectivity index (χ3v) is 6.18. The number of hydrogen-bond donors (Lipinski definition) is 0. The van der Waals surface area contributed by atoms with E-state index in [1.165, 1.54) is 12.8 Å². The number of Topliss-reactive ketones (excluding diaryl/α,β-unsaturated/α-hetero) is 1. The van der Waals surface area contributed by atoms with Crippen molar-refractivity contribution in [1.29, 1.82) is 0 Å². The predicted molar refractivity (Wildman–Crippen MR) is 88.3 cm³/mol. The van der Waals surface area contributed by atoms with E-state index in [9.17, 15) is 4.79 Å². The number of piperidine rings is 1. The highest BCUT2D eigenvalue weighted by molar-refractivity contribution is 7.17. The van der Waals surface area contributed by atoms with Crippen LogP contribution in [0.5, 0.6) is 0 Å². The largest absolute Gasteiger partial charge is 0.348 e. The fourth-order valence-electron chi connectivity index (χ4n) is 3.60. The molecule has 21 heavy (non-hydrogen) atoms. The molecule has 2 heterocycles. The molecule has 3 nitrogen and oxygen atoms in total. The highest BCUT2D eigenvalue weighted by Gasteiger charge is 2.35. The molecule has 0 atom stereocenters. The average Bonchev–Trinajstić information content (AvgIpc) is 2.81. The molecule has 0 N–H and O–H groups in total. The first-order chi connectivity index (χ1) is 9.85. The van der Waals surface area contributed by atoms with Crippen molar-refractivity contribution in [2.75, 3.05) is 18.0 Å². The van der Waals surface area contributed by atoms with Gasteiger partial charge in [0.1, 0.15) is 0 Å². The lowest BCUT2D eigenvalue weighted by molar-refractivity contribution is 0.0916. The van der Waals surface area contributed by atoms with Crippen LogP contribution in [0.4, 0.5) is 5.13 Å². The highest BCUT2D eigenvalue weighted by atomic mass is 32.1. The first kappa shape index (κ1) is 15.0. The van der Waals surface area contributed by atoms with Gasteiger partial charge in [-0.3, -0.25) is 4.79 Å². The smallest absolute Gasteiger partial charge is 0.186 e. The summed E-state index contributed by atoms with van der Waals surface area (Å²) in [4.78, 5) is 20.4. The molecule has 0 saturated carbocycles. The molecule has 116 valence electrons. The van der Waals surface area contributed by atoms with E-state index in [-0.39, 0.29) is 5.41 Å². The molecular formula is C17H26N2OS. The fourth-order valence-corrected chi connectivity index (χ4v) is 4.67. The van der Waals surface area contributed by atoms with Gasteiger partial charge in [-0.25, -0.2) is 4.98 Å². The Hall–Kier alpha value is -0.900. The van der Waals surface area contributed by atoms with Crippen LogP contribution >= 0.6 is 11.3 Å². The monoisotopic (exact) mass is 306 g/mol. The number of aromatic nitrogens is 1. The van der Waals surface area contributed by atoms with Crippen molar-refractivity contribution in [3.8, 4) is 0 Å². The summed E-state index contributed by atoms with van der Waals surface area (Å²) in [6.07, 6.45) is 4.10. The van der Waals surface area contributed by atoms with Crippen LogP contribution in [0.3, 0.4) is 0 Å². The molecule has 0 unspecified atom stereocenters. The van der Waals surface area contributed by atoms with E-state index in [1.807, 2.05) is 0 Å². The van der Waals surface area contributed by atoms with Gasteiger partial charge in [-0.15, -0.1) is 0 Å². The molecule has 0 aromatic carbocycles. The number of rotatable bonds is 2. The van der Waals surface area contributed by atoms with Gasteiger partial charge in [0, 0.05) is 19.5 Å².